The molecule has 0 unspecified atom stereocenters. The van der Waals surface area contributed by atoms with Crippen LogP contribution in [-0.4, -0.2) is 39.4 Å². The topological polar surface area (TPSA) is 64.9 Å². The van der Waals surface area contributed by atoms with Gasteiger partial charge in [0, 0.05) is 0 Å². The first kappa shape index (κ1) is 18.3. The van der Waals surface area contributed by atoms with Crippen LogP contribution in [0.3, 0.4) is 0 Å². The highest BCUT2D eigenvalue weighted by atomic mass is 35.5. The molecule has 2 aromatic carbocycles. The van der Waals surface area contributed by atoms with E-state index in [4.69, 9.17) is 4.74 Å². The minimum atomic E-state index is -0.375. The summed E-state index contributed by atoms with van der Waals surface area (Å²) in [6.45, 7) is 1.99. The highest BCUT2D eigenvalue weighted by molar-refractivity contribution is 5.85. The van der Waals surface area contributed by atoms with E-state index in [1.165, 1.54) is 17.1 Å². The highest BCUT2D eigenvalue weighted by Crippen LogP contribution is 2.26. The van der Waals surface area contributed by atoms with E-state index in [0.29, 0.717) is 5.69 Å². The molecule has 136 valence electrons. The van der Waals surface area contributed by atoms with Gasteiger partial charge in [0.25, 0.3) is 0 Å². The predicted octanol–water partition coefficient (Wildman–Crippen LogP) is 3.02. The lowest BCUT2D eigenvalue weighted by molar-refractivity contribution is 0.162. The number of tetrazole rings is 1. The third kappa shape index (κ3) is 4.00. The van der Waals surface area contributed by atoms with E-state index >= 15 is 0 Å². The fourth-order valence-corrected chi connectivity index (χ4v) is 2.98. The summed E-state index contributed by atoms with van der Waals surface area (Å²) < 4.78 is 21.6. The molecular formula is C18H19ClFN5O. The van der Waals surface area contributed by atoms with E-state index < -0.39 is 0 Å². The number of hydrogen-bond acceptors (Lipinski definition) is 5. The molecule has 0 spiro atoms. The monoisotopic (exact) mass is 375 g/mol. The number of aromatic nitrogens is 4. The van der Waals surface area contributed by atoms with Crippen molar-refractivity contribution in [3.05, 3.63) is 54.6 Å². The Morgan fingerprint density at radius 2 is 1.77 bits per heavy atom. The van der Waals surface area contributed by atoms with Crippen LogP contribution in [0, 0.1) is 5.82 Å². The van der Waals surface area contributed by atoms with Gasteiger partial charge in [0.15, 0.2) is 0 Å². The molecule has 0 atom stereocenters. The Labute approximate surface area is 156 Å². The van der Waals surface area contributed by atoms with Gasteiger partial charge in [-0.25, -0.2) is 4.39 Å². The van der Waals surface area contributed by atoms with Gasteiger partial charge < -0.3 is 10.1 Å². The van der Waals surface area contributed by atoms with Crippen molar-refractivity contribution in [1.82, 2.24) is 25.5 Å². The Balaban J connectivity index is 0.00000196. The van der Waals surface area contributed by atoms with E-state index in [9.17, 15) is 4.39 Å². The Kier molecular flexibility index (Phi) is 5.80. The quantitative estimate of drug-likeness (QED) is 0.759. The van der Waals surface area contributed by atoms with Crippen LogP contribution in [0.1, 0.15) is 12.8 Å². The Morgan fingerprint density at radius 1 is 1.04 bits per heavy atom. The maximum atomic E-state index is 14.3. The van der Waals surface area contributed by atoms with Gasteiger partial charge >= 0.3 is 0 Å². The minimum absolute atomic E-state index is 0. The molecule has 8 heteroatoms. The molecule has 0 aliphatic carbocycles. The highest BCUT2D eigenvalue weighted by Gasteiger charge is 2.14. The van der Waals surface area contributed by atoms with Crippen LogP contribution in [0.5, 0.6) is 5.75 Å². The van der Waals surface area contributed by atoms with Crippen molar-refractivity contribution in [2.24, 2.45) is 0 Å². The maximum Gasteiger partial charge on any atom is 0.149 e. The van der Waals surface area contributed by atoms with Gasteiger partial charge in [-0.2, -0.15) is 4.68 Å². The third-order valence-electron chi connectivity index (χ3n) is 4.32. The predicted molar refractivity (Wildman–Crippen MR) is 98.3 cm³/mol. The van der Waals surface area contributed by atoms with Crippen LogP contribution in [-0.2, 0) is 0 Å². The molecule has 2 heterocycles. The van der Waals surface area contributed by atoms with Crippen molar-refractivity contribution < 1.29 is 9.13 Å². The molecular weight excluding hydrogens is 357 g/mol. The molecule has 4 rings (SSSR count). The molecule has 1 fully saturated rings. The second-order valence-corrected chi connectivity index (χ2v) is 6.01. The average molecular weight is 376 g/mol. The van der Waals surface area contributed by atoms with Crippen LogP contribution in [0.25, 0.3) is 16.8 Å². The largest absolute Gasteiger partial charge is 0.490 e. The summed E-state index contributed by atoms with van der Waals surface area (Å²) in [6.07, 6.45) is 3.67. The smallest absolute Gasteiger partial charge is 0.149 e. The fourth-order valence-electron chi connectivity index (χ4n) is 2.98. The molecule has 1 aromatic heterocycles. The third-order valence-corrected chi connectivity index (χ3v) is 4.32. The lowest BCUT2D eigenvalue weighted by Gasteiger charge is -2.23. The molecule has 1 aliphatic heterocycles. The molecule has 1 aliphatic rings. The zero-order valence-electron chi connectivity index (χ0n) is 14.0. The number of benzene rings is 2. The van der Waals surface area contributed by atoms with Gasteiger partial charge in [0.05, 0.1) is 0 Å². The Hall–Kier alpha value is -2.51. The first-order valence-corrected chi connectivity index (χ1v) is 8.30. The molecule has 1 saturated heterocycles. The maximum absolute atomic E-state index is 14.3. The lowest BCUT2D eigenvalue weighted by Crippen LogP contribution is -2.34. The van der Waals surface area contributed by atoms with Crippen molar-refractivity contribution in [1.29, 1.82) is 0 Å². The van der Waals surface area contributed by atoms with Crippen LogP contribution < -0.4 is 10.1 Å². The van der Waals surface area contributed by atoms with Crippen molar-refractivity contribution >= 4 is 12.4 Å². The fraction of sp³-hybridized carbons (Fsp3) is 0.278. The van der Waals surface area contributed by atoms with Crippen molar-refractivity contribution in [3.63, 3.8) is 0 Å². The number of hydrogen-bond donors (Lipinski definition) is 1. The zero-order chi connectivity index (χ0) is 17.1. The van der Waals surface area contributed by atoms with Crippen molar-refractivity contribution in [2.45, 2.75) is 18.9 Å². The van der Waals surface area contributed by atoms with Crippen molar-refractivity contribution in [2.75, 3.05) is 13.1 Å². The summed E-state index contributed by atoms with van der Waals surface area (Å²) in [5.41, 5.74) is 2.04. The number of nitrogens with one attached hydrogen (secondary N) is 1. The molecule has 6 nitrogen and oxygen atoms in total. The van der Waals surface area contributed by atoms with Crippen LogP contribution in [0.15, 0.2) is 48.8 Å². The number of piperidine rings is 1. The zero-order valence-corrected chi connectivity index (χ0v) is 14.8. The molecule has 0 amide bonds. The molecule has 0 saturated carbocycles. The normalized spacial score (nSPS) is 14.7. The van der Waals surface area contributed by atoms with Gasteiger partial charge in [-0.15, -0.1) is 17.5 Å². The first-order chi connectivity index (χ1) is 12.3. The van der Waals surface area contributed by atoms with Crippen LogP contribution in [0.2, 0.25) is 0 Å². The second kappa shape index (κ2) is 8.25. The summed E-state index contributed by atoms with van der Waals surface area (Å²) in [5, 5.41) is 14.1. The standard InChI is InChI=1S/C18H18FN5O.ClH/c19-17-11-14(3-6-18(17)24-12-21-22-23-24)13-1-4-15(5-2-13)25-16-7-9-20-10-8-16;/h1-6,11-12,16,20H,7-10H2;1H. The molecule has 3 aromatic rings. The molecule has 26 heavy (non-hydrogen) atoms. The molecule has 0 bridgehead atoms. The van der Waals surface area contributed by atoms with Crippen molar-refractivity contribution in [3.8, 4) is 22.6 Å². The average Bonchev–Trinajstić information content (AvgIpc) is 3.17. The van der Waals surface area contributed by atoms with E-state index in [0.717, 1.165) is 42.8 Å². The summed E-state index contributed by atoms with van der Waals surface area (Å²) in [7, 11) is 0. The summed E-state index contributed by atoms with van der Waals surface area (Å²) >= 11 is 0. The van der Waals surface area contributed by atoms with E-state index in [1.807, 2.05) is 30.3 Å². The Bertz CT molecular complexity index is 835. The van der Waals surface area contributed by atoms with E-state index in [-0.39, 0.29) is 24.3 Å². The summed E-state index contributed by atoms with van der Waals surface area (Å²) in [6, 6.07) is 12.8. The summed E-state index contributed by atoms with van der Waals surface area (Å²) in [4.78, 5) is 0. The van der Waals surface area contributed by atoms with Crippen LogP contribution in [0.4, 0.5) is 4.39 Å². The number of rotatable bonds is 4. The molecule has 1 N–H and O–H groups in total. The number of ether oxygens (including phenoxy) is 1. The van der Waals surface area contributed by atoms with Gasteiger partial charge in [-0.3, -0.25) is 0 Å². The molecule has 0 radical (unpaired) electrons. The Morgan fingerprint density at radius 3 is 2.42 bits per heavy atom. The summed E-state index contributed by atoms with van der Waals surface area (Å²) in [5.74, 6) is 0.473. The van der Waals surface area contributed by atoms with Gasteiger partial charge in [-0.05, 0) is 71.8 Å². The van der Waals surface area contributed by atoms with E-state index in [2.05, 4.69) is 20.8 Å². The van der Waals surface area contributed by atoms with Crippen LogP contribution >= 0.6 is 12.4 Å². The SMILES string of the molecule is Cl.Fc1cc(-c2ccc(OC3CCNCC3)cc2)ccc1-n1cnnn1. The van der Waals surface area contributed by atoms with E-state index in [1.54, 1.807) is 6.07 Å². The number of nitrogens with zero attached hydrogens (tertiary/aromatic N) is 4. The van der Waals surface area contributed by atoms with Gasteiger partial charge in [0.1, 0.15) is 29.7 Å². The first-order valence-electron chi connectivity index (χ1n) is 8.30. The lowest BCUT2D eigenvalue weighted by atomic mass is 10.0. The number of halogens is 2. The minimum Gasteiger partial charge on any atom is -0.490 e. The van der Waals surface area contributed by atoms with Gasteiger partial charge in [-0.1, -0.05) is 18.2 Å². The second-order valence-electron chi connectivity index (χ2n) is 6.01. The van der Waals surface area contributed by atoms with Gasteiger partial charge in [0.2, 0.25) is 0 Å².